The quantitative estimate of drug-likeness (QED) is 0.839. The minimum absolute atomic E-state index is 0. The molecule has 2 rings (SSSR count). The monoisotopic (exact) mass is 303 g/mol. The number of hydrogen-bond donors (Lipinski definition) is 2. The van der Waals surface area contributed by atoms with Gasteiger partial charge in [0.15, 0.2) is 0 Å². The summed E-state index contributed by atoms with van der Waals surface area (Å²) >= 11 is 0. The van der Waals surface area contributed by atoms with Gasteiger partial charge in [-0.25, -0.2) is 0 Å². The number of carbonyl (C=O) groups excluding carboxylic acids is 1. The minimum Gasteiger partial charge on any atom is -0.348 e. The Labute approximate surface area is 125 Å². The van der Waals surface area contributed by atoms with Crippen molar-refractivity contribution < 1.29 is 4.79 Å². The van der Waals surface area contributed by atoms with Crippen LogP contribution >= 0.6 is 24.8 Å². The molecule has 0 aromatic carbocycles. The van der Waals surface area contributed by atoms with E-state index in [0.717, 1.165) is 25.1 Å². The number of amides is 1. The number of nitrogens with zero attached hydrogens (tertiary/aromatic N) is 1. The van der Waals surface area contributed by atoms with E-state index >= 15 is 0 Å². The fourth-order valence-corrected chi connectivity index (χ4v) is 1.81. The maximum Gasteiger partial charge on any atom is 0.253 e. The summed E-state index contributed by atoms with van der Waals surface area (Å²) in [5.41, 5.74) is 2.91. The molecule has 19 heavy (non-hydrogen) atoms. The van der Waals surface area contributed by atoms with Crippen LogP contribution in [0.5, 0.6) is 0 Å². The molecule has 0 saturated carbocycles. The van der Waals surface area contributed by atoms with E-state index in [1.54, 1.807) is 12.4 Å². The Morgan fingerprint density at radius 3 is 2.84 bits per heavy atom. The number of carbonyl (C=O) groups is 1. The van der Waals surface area contributed by atoms with Gasteiger partial charge in [0.2, 0.25) is 0 Å². The van der Waals surface area contributed by atoms with E-state index in [2.05, 4.69) is 21.7 Å². The van der Waals surface area contributed by atoms with Crippen molar-refractivity contribution in [2.24, 2.45) is 0 Å². The zero-order chi connectivity index (χ0) is 12.1. The van der Waals surface area contributed by atoms with Crippen molar-refractivity contribution >= 4 is 30.7 Å². The highest BCUT2D eigenvalue weighted by Gasteiger charge is 2.08. The van der Waals surface area contributed by atoms with Crippen molar-refractivity contribution in [2.45, 2.75) is 13.3 Å². The SMILES string of the molecule is Cc1cncc(C(=O)NCC2=CCNCC2)c1.Cl.Cl. The fraction of sp³-hybridized carbons (Fsp3) is 0.385. The predicted molar refractivity (Wildman–Crippen MR) is 81.4 cm³/mol. The first-order valence-electron chi connectivity index (χ1n) is 5.84. The maximum atomic E-state index is 11.8. The standard InChI is InChI=1S/C13H17N3O.2ClH/c1-10-6-12(9-15-7-10)13(17)16-8-11-2-4-14-5-3-11;;/h2,6-7,9,14H,3-5,8H2,1H3,(H,16,17);2*1H. The second kappa shape index (κ2) is 8.91. The van der Waals surface area contributed by atoms with Gasteiger partial charge in [0, 0.05) is 25.5 Å². The minimum atomic E-state index is -0.0550. The molecule has 106 valence electrons. The Hall–Kier alpha value is -1.10. The molecular formula is C13H19Cl2N3O. The van der Waals surface area contributed by atoms with E-state index in [9.17, 15) is 4.79 Å². The highest BCUT2D eigenvalue weighted by atomic mass is 35.5. The van der Waals surface area contributed by atoms with Crippen LogP contribution in [0, 0.1) is 6.92 Å². The van der Waals surface area contributed by atoms with Gasteiger partial charge in [0.05, 0.1) is 5.56 Å². The Bertz CT molecular complexity index is 449. The number of halogens is 2. The Morgan fingerprint density at radius 2 is 2.21 bits per heavy atom. The predicted octanol–water partition coefficient (Wildman–Crippen LogP) is 1.88. The smallest absolute Gasteiger partial charge is 0.253 e. The molecule has 0 unspecified atom stereocenters. The van der Waals surface area contributed by atoms with Crippen LogP contribution in [0.4, 0.5) is 0 Å². The van der Waals surface area contributed by atoms with Gasteiger partial charge in [-0.15, -0.1) is 24.8 Å². The van der Waals surface area contributed by atoms with Gasteiger partial charge in [0.1, 0.15) is 0 Å². The Morgan fingerprint density at radius 1 is 1.42 bits per heavy atom. The molecule has 1 amide bonds. The molecule has 0 spiro atoms. The lowest BCUT2D eigenvalue weighted by Crippen LogP contribution is -2.29. The van der Waals surface area contributed by atoms with Gasteiger partial charge >= 0.3 is 0 Å². The molecule has 2 N–H and O–H groups in total. The van der Waals surface area contributed by atoms with Crippen LogP contribution in [-0.2, 0) is 0 Å². The van der Waals surface area contributed by atoms with Crippen LogP contribution < -0.4 is 10.6 Å². The molecule has 0 saturated heterocycles. The van der Waals surface area contributed by atoms with Crippen molar-refractivity contribution in [3.05, 3.63) is 41.2 Å². The first-order valence-corrected chi connectivity index (χ1v) is 5.84. The topological polar surface area (TPSA) is 54.0 Å². The molecule has 0 fully saturated rings. The molecule has 6 heteroatoms. The summed E-state index contributed by atoms with van der Waals surface area (Å²) in [6, 6.07) is 1.85. The zero-order valence-electron chi connectivity index (χ0n) is 10.8. The van der Waals surface area contributed by atoms with E-state index in [1.165, 1.54) is 5.57 Å². The Kier molecular flexibility index (Phi) is 8.39. The van der Waals surface area contributed by atoms with E-state index < -0.39 is 0 Å². The summed E-state index contributed by atoms with van der Waals surface area (Å²) in [6.07, 6.45) is 6.48. The molecule has 0 radical (unpaired) electrons. The third kappa shape index (κ3) is 5.59. The molecule has 1 aromatic heterocycles. The van der Waals surface area contributed by atoms with E-state index in [1.807, 2.05) is 13.0 Å². The van der Waals surface area contributed by atoms with Crippen LogP contribution in [0.15, 0.2) is 30.1 Å². The van der Waals surface area contributed by atoms with E-state index in [4.69, 9.17) is 0 Å². The molecule has 4 nitrogen and oxygen atoms in total. The van der Waals surface area contributed by atoms with Gasteiger partial charge in [-0.3, -0.25) is 9.78 Å². The van der Waals surface area contributed by atoms with Crippen LogP contribution in [0.1, 0.15) is 22.3 Å². The molecule has 0 atom stereocenters. The van der Waals surface area contributed by atoms with Gasteiger partial charge in [-0.05, 0) is 31.5 Å². The van der Waals surface area contributed by atoms with Crippen LogP contribution in [0.2, 0.25) is 0 Å². The number of hydrogen-bond acceptors (Lipinski definition) is 3. The molecule has 2 heterocycles. The van der Waals surface area contributed by atoms with Gasteiger partial charge in [-0.1, -0.05) is 11.6 Å². The molecule has 1 aliphatic rings. The third-order valence-electron chi connectivity index (χ3n) is 2.77. The van der Waals surface area contributed by atoms with Crippen molar-refractivity contribution in [1.82, 2.24) is 15.6 Å². The second-order valence-electron chi connectivity index (χ2n) is 4.25. The molecule has 0 bridgehead atoms. The van der Waals surface area contributed by atoms with E-state index in [-0.39, 0.29) is 30.7 Å². The largest absolute Gasteiger partial charge is 0.348 e. The summed E-state index contributed by atoms with van der Waals surface area (Å²) in [7, 11) is 0. The summed E-state index contributed by atoms with van der Waals surface area (Å²) in [5, 5.41) is 6.16. The third-order valence-corrected chi connectivity index (χ3v) is 2.77. The zero-order valence-corrected chi connectivity index (χ0v) is 12.4. The number of pyridine rings is 1. The number of rotatable bonds is 3. The summed E-state index contributed by atoms with van der Waals surface area (Å²) in [6.45, 7) is 4.46. The maximum absolute atomic E-state index is 11.8. The van der Waals surface area contributed by atoms with Crippen LogP contribution in [-0.4, -0.2) is 30.5 Å². The van der Waals surface area contributed by atoms with Crippen molar-refractivity contribution in [2.75, 3.05) is 19.6 Å². The van der Waals surface area contributed by atoms with Crippen molar-refractivity contribution in [3.63, 3.8) is 0 Å². The first kappa shape index (κ1) is 17.9. The van der Waals surface area contributed by atoms with Gasteiger partial charge in [-0.2, -0.15) is 0 Å². The average Bonchev–Trinajstić information content (AvgIpc) is 2.37. The molecule has 1 aromatic rings. The lowest BCUT2D eigenvalue weighted by molar-refractivity contribution is 0.0956. The fourth-order valence-electron chi connectivity index (χ4n) is 1.81. The summed E-state index contributed by atoms with van der Waals surface area (Å²) in [5.74, 6) is -0.0550. The highest BCUT2D eigenvalue weighted by Crippen LogP contribution is 2.04. The van der Waals surface area contributed by atoms with Crippen LogP contribution in [0.3, 0.4) is 0 Å². The lowest BCUT2D eigenvalue weighted by atomic mass is 10.1. The normalized spacial score (nSPS) is 13.6. The highest BCUT2D eigenvalue weighted by molar-refractivity contribution is 5.94. The summed E-state index contributed by atoms with van der Waals surface area (Å²) in [4.78, 5) is 15.9. The first-order chi connectivity index (χ1) is 8.25. The van der Waals surface area contributed by atoms with Crippen molar-refractivity contribution in [3.8, 4) is 0 Å². The van der Waals surface area contributed by atoms with Gasteiger partial charge < -0.3 is 10.6 Å². The average molecular weight is 304 g/mol. The molecule has 0 aliphatic carbocycles. The number of nitrogens with one attached hydrogen (secondary N) is 2. The van der Waals surface area contributed by atoms with E-state index in [0.29, 0.717) is 12.1 Å². The molecule has 1 aliphatic heterocycles. The summed E-state index contributed by atoms with van der Waals surface area (Å²) < 4.78 is 0. The second-order valence-corrected chi connectivity index (χ2v) is 4.25. The Balaban J connectivity index is 0.00000162. The van der Waals surface area contributed by atoms with Gasteiger partial charge in [0.25, 0.3) is 5.91 Å². The van der Waals surface area contributed by atoms with Crippen molar-refractivity contribution in [1.29, 1.82) is 0 Å². The molecular weight excluding hydrogens is 285 g/mol. The lowest BCUT2D eigenvalue weighted by Gasteiger charge is -2.14. The number of aromatic nitrogens is 1. The number of aryl methyl sites for hydroxylation is 1. The van der Waals surface area contributed by atoms with Crippen LogP contribution in [0.25, 0.3) is 0 Å².